The molecule has 1 aliphatic heterocycles. The van der Waals surface area contributed by atoms with Crippen LogP contribution < -0.4 is 11.1 Å². The number of nitrogens with one attached hydrogen (secondary N) is 1. The highest BCUT2D eigenvalue weighted by molar-refractivity contribution is 5.76. The van der Waals surface area contributed by atoms with Crippen LogP contribution in [0.5, 0.6) is 0 Å². The molecule has 2 fully saturated rings. The standard InChI is InChI=1S/C14H27N3O2/c15-14(19)11-3-5-12(6-4-11)16-9-13(18)10-17-7-1-2-8-17/h11-13,16,18H,1-10H2,(H2,15,19). The first-order chi connectivity index (χ1) is 9.15. The van der Waals surface area contributed by atoms with Crippen molar-refractivity contribution in [2.24, 2.45) is 11.7 Å². The maximum Gasteiger partial charge on any atom is 0.220 e. The second kappa shape index (κ2) is 7.22. The molecule has 19 heavy (non-hydrogen) atoms. The van der Waals surface area contributed by atoms with Crippen molar-refractivity contribution < 1.29 is 9.90 Å². The van der Waals surface area contributed by atoms with E-state index in [9.17, 15) is 9.90 Å². The molecule has 1 heterocycles. The third-order valence-electron chi connectivity index (χ3n) is 4.44. The van der Waals surface area contributed by atoms with Crippen LogP contribution in [0, 0.1) is 5.92 Å². The summed E-state index contributed by atoms with van der Waals surface area (Å²) in [4.78, 5) is 13.4. The Bertz CT molecular complexity index is 284. The van der Waals surface area contributed by atoms with E-state index < -0.39 is 0 Å². The molecule has 0 aromatic heterocycles. The summed E-state index contributed by atoms with van der Waals surface area (Å²) in [5, 5.41) is 13.4. The van der Waals surface area contributed by atoms with Crippen molar-refractivity contribution in [1.82, 2.24) is 10.2 Å². The maximum atomic E-state index is 11.1. The van der Waals surface area contributed by atoms with Crippen LogP contribution in [-0.2, 0) is 4.79 Å². The fraction of sp³-hybridized carbons (Fsp3) is 0.929. The summed E-state index contributed by atoms with van der Waals surface area (Å²) in [6, 6.07) is 0.434. The summed E-state index contributed by atoms with van der Waals surface area (Å²) in [5.41, 5.74) is 5.32. The minimum Gasteiger partial charge on any atom is -0.390 e. The molecule has 1 amide bonds. The molecule has 4 N–H and O–H groups in total. The highest BCUT2D eigenvalue weighted by Gasteiger charge is 2.25. The van der Waals surface area contributed by atoms with Crippen LogP contribution in [-0.4, -0.2) is 54.2 Å². The smallest absolute Gasteiger partial charge is 0.220 e. The highest BCUT2D eigenvalue weighted by atomic mass is 16.3. The van der Waals surface area contributed by atoms with Gasteiger partial charge in [-0.25, -0.2) is 0 Å². The number of aliphatic hydroxyl groups excluding tert-OH is 1. The lowest BCUT2D eigenvalue weighted by Gasteiger charge is -2.29. The minimum absolute atomic E-state index is 0.0626. The number of nitrogens with zero attached hydrogens (tertiary/aromatic N) is 1. The van der Waals surface area contributed by atoms with E-state index in [1.54, 1.807) is 0 Å². The van der Waals surface area contributed by atoms with Crippen molar-refractivity contribution in [2.75, 3.05) is 26.2 Å². The molecule has 0 aromatic carbocycles. The Hall–Kier alpha value is -0.650. The van der Waals surface area contributed by atoms with Crippen molar-refractivity contribution in [3.8, 4) is 0 Å². The molecule has 5 nitrogen and oxygen atoms in total. The zero-order valence-electron chi connectivity index (χ0n) is 11.7. The predicted octanol–water partition coefficient (Wildman–Crippen LogP) is 0.0768. The third kappa shape index (κ3) is 4.75. The Labute approximate surface area is 115 Å². The van der Waals surface area contributed by atoms with E-state index in [1.807, 2.05) is 0 Å². The molecule has 110 valence electrons. The lowest BCUT2D eigenvalue weighted by molar-refractivity contribution is -0.122. The summed E-state index contributed by atoms with van der Waals surface area (Å²) < 4.78 is 0. The number of hydrogen-bond donors (Lipinski definition) is 3. The zero-order chi connectivity index (χ0) is 13.7. The Morgan fingerprint density at radius 3 is 2.47 bits per heavy atom. The van der Waals surface area contributed by atoms with Gasteiger partial charge in [0.2, 0.25) is 5.91 Å². The molecule has 1 atom stereocenters. The molecule has 0 bridgehead atoms. The lowest BCUT2D eigenvalue weighted by atomic mass is 9.85. The highest BCUT2D eigenvalue weighted by Crippen LogP contribution is 2.23. The van der Waals surface area contributed by atoms with Crippen molar-refractivity contribution in [1.29, 1.82) is 0 Å². The summed E-state index contributed by atoms with van der Waals surface area (Å²) in [6.07, 6.45) is 5.99. The molecule has 5 heteroatoms. The molecule has 1 unspecified atom stereocenters. The average Bonchev–Trinajstić information content (AvgIpc) is 2.89. The van der Waals surface area contributed by atoms with Gasteiger partial charge in [0.15, 0.2) is 0 Å². The summed E-state index contributed by atoms with van der Waals surface area (Å²) in [7, 11) is 0. The Balaban J connectivity index is 1.59. The minimum atomic E-state index is -0.285. The van der Waals surface area contributed by atoms with Gasteiger partial charge in [-0.2, -0.15) is 0 Å². The molecule has 1 saturated carbocycles. The number of hydrogen-bond acceptors (Lipinski definition) is 4. The SMILES string of the molecule is NC(=O)C1CCC(NCC(O)CN2CCCC2)CC1. The number of primary amides is 1. The van der Waals surface area contributed by atoms with Crippen LogP contribution in [0.25, 0.3) is 0 Å². The van der Waals surface area contributed by atoms with Crippen LogP contribution in [0.1, 0.15) is 38.5 Å². The van der Waals surface area contributed by atoms with Gasteiger partial charge < -0.3 is 21.1 Å². The number of carbonyl (C=O) groups excluding carboxylic acids is 1. The van der Waals surface area contributed by atoms with Gasteiger partial charge in [0.1, 0.15) is 0 Å². The van der Waals surface area contributed by atoms with Gasteiger partial charge in [0.05, 0.1) is 6.10 Å². The average molecular weight is 269 g/mol. The number of amides is 1. The van der Waals surface area contributed by atoms with Gasteiger partial charge in [0.25, 0.3) is 0 Å². The van der Waals surface area contributed by atoms with Gasteiger partial charge in [-0.3, -0.25) is 4.79 Å². The summed E-state index contributed by atoms with van der Waals surface area (Å²) in [6.45, 7) is 3.69. The third-order valence-corrected chi connectivity index (χ3v) is 4.44. The largest absolute Gasteiger partial charge is 0.390 e. The van der Waals surface area contributed by atoms with E-state index in [4.69, 9.17) is 5.73 Å². The fourth-order valence-electron chi connectivity index (χ4n) is 3.21. The van der Waals surface area contributed by atoms with E-state index in [-0.39, 0.29) is 17.9 Å². The molecular weight excluding hydrogens is 242 g/mol. The van der Waals surface area contributed by atoms with Crippen LogP contribution in [0.2, 0.25) is 0 Å². The molecular formula is C14H27N3O2. The van der Waals surface area contributed by atoms with E-state index in [1.165, 1.54) is 12.8 Å². The predicted molar refractivity (Wildman–Crippen MR) is 74.6 cm³/mol. The fourth-order valence-corrected chi connectivity index (χ4v) is 3.21. The van der Waals surface area contributed by atoms with E-state index in [2.05, 4.69) is 10.2 Å². The second-order valence-electron chi connectivity index (χ2n) is 6.02. The quantitative estimate of drug-likeness (QED) is 0.638. The van der Waals surface area contributed by atoms with Gasteiger partial charge in [-0.1, -0.05) is 0 Å². The number of nitrogens with two attached hydrogens (primary N) is 1. The van der Waals surface area contributed by atoms with Crippen molar-refractivity contribution >= 4 is 5.91 Å². The number of carbonyl (C=O) groups is 1. The Morgan fingerprint density at radius 2 is 1.89 bits per heavy atom. The molecule has 1 aliphatic carbocycles. The first-order valence-corrected chi connectivity index (χ1v) is 7.58. The molecule has 1 saturated heterocycles. The molecule has 0 aromatic rings. The van der Waals surface area contributed by atoms with Gasteiger partial charge in [-0.15, -0.1) is 0 Å². The molecule has 2 aliphatic rings. The molecule has 0 radical (unpaired) electrons. The van der Waals surface area contributed by atoms with Crippen LogP contribution in [0.15, 0.2) is 0 Å². The van der Waals surface area contributed by atoms with Crippen LogP contribution in [0.4, 0.5) is 0 Å². The summed E-state index contributed by atoms with van der Waals surface area (Å²) in [5.74, 6) is -0.0971. The zero-order valence-corrected chi connectivity index (χ0v) is 11.7. The Morgan fingerprint density at radius 1 is 1.26 bits per heavy atom. The topological polar surface area (TPSA) is 78.6 Å². The van der Waals surface area contributed by atoms with Crippen LogP contribution >= 0.6 is 0 Å². The van der Waals surface area contributed by atoms with E-state index in [0.717, 1.165) is 45.3 Å². The lowest BCUT2D eigenvalue weighted by Crippen LogP contribution is -2.43. The number of β-amino-alcohol motifs (C(OH)–C–C–N with tert-alkyl or cyclic N) is 1. The molecule has 2 rings (SSSR count). The molecule has 0 spiro atoms. The normalized spacial score (nSPS) is 30.4. The number of rotatable bonds is 6. The van der Waals surface area contributed by atoms with E-state index >= 15 is 0 Å². The first-order valence-electron chi connectivity index (χ1n) is 7.58. The van der Waals surface area contributed by atoms with Gasteiger partial charge >= 0.3 is 0 Å². The van der Waals surface area contributed by atoms with Gasteiger partial charge in [0, 0.05) is 25.0 Å². The maximum absolute atomic E-state index is 11.1. The first kappa shape index (κ1) is 14.8. The Kier molecular flexibility index (Phi) is 5.60. The van der Waals surface area contributed by atoms with Crippen molar-refractivity contribution in [2.45, 2.75) is 50.7 Å². The number of likely N-dealkylation sites (tertiary alicyclic amines) is 1. The van der Waals surface area contributed by atoms with Crippen LogP contribution in [0.3, 0.4) is 0 Å². The van der Waals surface area contributed by atoms with Crippen molar-refractivity contribution in [3.05, 3.63) is 0 Å². The second-order valence-corrected chi connectivity index (χ2v) is 6.02. The monoisotopic (exact) mass is 269 g/mol. The van der Waals surface area contributed by atoms with Gasteiger partial charge in [-0.05, 0) is 51.6 Å². The summed E-state index contributed by atoms with van der Waals surface area (Å²) >= 11 is 0. The number of aliphatic hydroxyl groups is 1. The van der Waals surface area contributed by atoms with Crippen molar-refractivity contribution in [3.63, 3.8) is 0 Å². The van der Waals surface area contributed by atoms with E-state index in [0.29, 0.717) is 12.6 Å².